The molecule has 0 aromatic rings. The zero-order chi connectivity index (χ0) is 19.0. The van der Waals surface area contributed by atoms with E-state index >= 15 is 0 Å². The topological polar surface area (TPSA) is 71.4 Å². The van der Waals surface area contributed by atoms with Crippen LogP contribution in [0.5, 0.6) is 0 Å². The van der Waals surface area contributed by atoms with Gasteiger partial charge in [-0.15, -0.1) is 0 Å². The van der Waals surface area contributed by atoms with Crippen LogP contribution in [-0.2, 0) is 14.6 Å². The Labute approximate surface area is 155 Å². The summed E-state index contributed by atoms with van der Waals surface area (Å²) >= 11 is 0. The maximum Gasteiger partial charge on any atom is 0.303 e. The Bertz CT molecular complexity index is 454. The predicted octanol–water partition coefficient (Wildman–Crippen LogP) is 5.52. The smallest absolute Gasteiger partial charge is 0.303 e. The van der Waals surface area contributed by atoms with Gasteiger partial charge in [-0.2, -0.15) is 0 Å². The molecule has 0 heterocycles. The zero-order valence-corrected chi connectivity index (χ0v) is 17.0. The van der Waals surface area contributed by atoms with Gasteiger partial charge in [0.1, 0.15) is 0 Å². The SMILES string of the molecule is CCCCCCCCC/C=C/C(CCCCCCC(=O)O)S(C)(=O)=O. The van der Waals surface area contributed by atoms with Gasteiger partial charge >= 0.3 is 5.97 Å². The lowest BCUT2D eigenvalue weighted by Crippen LogP contribution is -2.17. The monoisotopic (exact) mass is 374 g/mol. The van der Waals surface area contributed by atoms with Crippen LogP contribution in [0.15, 0.2) is 12.2 Å². The second-order valence-electron chi connectivity index (χ2n) is 7.05. The fourth-order valence-corrected chi connectivity index (χ4v) is 3.89. The fourth-order valence-electron chi connectivity index (χ4n) is 2.90. The maximum absolute atomic E-state index is 11.9. The molecule has 4 nitrogen and oxygen atoms in total. The van der Waals surface area contributed by atoms with E-state index in [0.717, 1.165) is 32.1 Å². The van der Waals surface area contributed by atoms with Crippen LogP contribution in [0.4, 0.5) is 0 Å². The van der Waals surface area contributed by atoms with Gasteiger partial charge in [0.05, 0.1) is 5.25 Å². The quantitative estimate of drug-likeness (QED) is 0.269. The first-order chi connectivity index (χ1) is 11.9. The summed E-state index contributed by atoms with van der Waals surface area (Å²) in [6.07, 6.45) is 19.1. The third-order valence-corrected chi connectivity index (χ3v) is 6.00. The third kappa shape index (κ3) is 16.4. The molecule has 0 rings (SSSR count). The number of rotatable bonds is 17. The molecule has 0 saturated carbocycles. The van der Waals surface area contributed by atoms with Crippen molar-refractivity contribution < 1.29 is 18.3 Å². The summed E-state index contributed by atoms with van der Waals surface area (Å²) in [6, 6.07) is 0. The number of sulfone groups is 1. The van der Waals surface area contributed by atoms with Crippen LogP contribution in [0, 0.1) is 0 Å². The Kier molecular flexibility index (Phi) is 14.9. The molecular formula is C20H38O4S. The summed E-state index contributed by atoms with van der Waals surface area (Å²) in [7, 11) is -3.06. The third-order valence-electron chi connectivity index (χ3n) is 4.50. The lowest BCUT2D eigenvalue weighted by atomic mass is 10.1. The van der Waals surface area contributed by atoms with Gasteiger partial charge in [0.15, 0.2) is 9.84 Å². The van der Waals surface area contributed by atoms with Gasteiger partial charge in [-0.25, -0.2) is 8.42 Å². The molecule has 0 fully saturated rings. The Morgan fingerprint density at radius 3 is 2.08 bits per heavy atom. The minimum atomic E-state index is -3.06. The molecule has 0 aliphatic rings. The molecule has 0 aliphatic carbocycles. The van der Waals surface area contributed by atoms with Crippen molar-refractivity contribution >= 4 is 15.8 Å². The predicted molar refractivity (Wildman–Crippen MR) is 106 cm³/mol. The largest absolute Gasteiger partial charge is 0.481 e. The molecule has 1 unspecified atom stereocenters. The molecule has 148 valence electrons. The highest BCUT2D eigenvalue weighted by Crippen LogP contribution is 2.15. The number of carboxylic acid groups (broad SMARTS) is 1. The number of allylic oxidation sites excluding steroid dienone is 1. The van der Waals surface area contributed by atoms with Crippen molar-refractivity contribution in [1.29, 1.82) is 0 Å². The van der Waals surface area contributed by atoms with E-state index in [2.05, 4.69) is 6.92 Å². The van der Waals surface area contributed by atoms with Crippen LogP contribution in [0.25, 0.3) is 0 Å². The van der Waals surface area contributed by atoms with Crippen LogP contribution in [0.2, 0.25) is 0 Å². The van der Waals surface area contributed by atoms with Crippen LogP contribution in [-0.4, -0.2) is 31.0 Å². The average Bonchev–Trinajstić information content (AvgIpc) is 2.53. The van der Waals surface area contributed by atoms with E-state index in [1.165, 1.54) is 44.8 Å². The lowest BCUT2D eigenvalue weighted by Gasteiger charge is -2.10. The fraction of sp³-hybridized carbons (Fsp3) is 0.850. The molecule has 0 radical (unpaired) electrons. The Morgan fingerprint density at radius 2 is 1.48 bits per heavy atom. The molecule has 0 aliphatic heterocycles. The molecule has 0 aromatic heterocycles. The normalized spacial score (nSPS) is 13.4. The van der Waals surface area contributed by atoms with E-state index in [1.807, 2.05) is 12.2 Å². The second-order valence-corrected chi connectivity index (χ2v) is 9.32. The highest BCUT2D eigenvalue weighted by atomic mass is 32.2. The van der Waals surface area contributed by atoms with E-state index in [0.29, 0.717) is 12.8 Å². The van der Waals surface area contributed by atoms with Crippen molar-refractivity contribution in [2.75, 3.05) is 6.26 Å². The van der Waals surface area contributed by atoms with Crippen molar-refractivity contribution in [3.05, 3.63) is 12.2 Å². The van der Waals surface area contributed by atoms with Gasteiger partial charge < -0.3 is 5.11 Å². The van der Waals surface area contributed by atoms with Crippen LogP contribution in [0.1, 0.15) is 96.8 Å². The van der Waals surface area contributed by atoms with Crippen LogP contribution < -0.4 is 0 Å². The van der Waals surface area contributed by atoms with Gasteiger partial charge in [0.25, 0.3) is 0 Å². The van der Waals surface area contributed by atoms with Gasteiger partial charge in [0, 0.05) is 12.7 Å². The zero-order valence-electron chi connectivity index (χ0n) is 16.2. The molecule has 0 bridgehead atoms. The summed E-state index contributed by atoms with van der Waals surface area (Å²) in [6.45, 7) is 2.22. The minimum absolute atomic E-state index is 0.202. The van der Waals surface area contributed by atoms with Crippen molar-refractivity contribution in [1.82, 2.24) is 0 Å². The molecule has 1 N–H and O–H groups in total. The maximum atomic E-state index is 11.9. The Balaban J connectivity index is 3.90. The average molecular weight is 375 g/mol. The summed E-state index contributed by atoms with van der Waals surface area (Å²) < 4.78 is 23.8. The number of unbranched alkanes of at least 4 members (excludes halogenated alkanes) is 10. The van der Waals surface area contributed by atoms with Crippen molar-refractivity contribution in [2.45, 2.75) is 102 Å². The Morgan fingerprint density at radius 1 is 0.920 bits per heavy atom. The van der Waals surface area contributed by atoms with Gasteiger partial charge in [0.2, 0.25) is 0 Å². The van der Waals surface area contributed by atoms with Gasteiger partial charge in [-0.1, -0.05) is 76.9 Å². The van der Waals surface area contributed by atoms with Crippen LogP contribution >= 0.6 is 0 Å². The molecular weight excluding hydrogens is 336 g/mol. The van der Waals surface area contributed by atoms with E-state index in [4.69, 9.17) is 5.11 Å². The first kappa shape index (κ1) is 24.2. The number of hydrogen-bond acceptors (Lipinski definition) is 3. The summed E-state index contributed by atoms with van der Waals surface area (Å²) in [5, 5.41) is 8.20. The van der Waals surface area contributed by atoms with Crippen molar-refractivity contribution in [2.24, 2.45) is 0 Å². The van der Waals surface area contributed by atoms with Crippen molar-refractivity contribution in [3.63, 3.8) is 0 Å². The highest BCUT2D eigenvalue weighted by Gasteiger charge is 2.16. The number of hydrogen-bond donors (Lipinski definition) is 1. The minimum Gasteiger partial charge on any atom is -0.481 e. The standard InChI is InChI=1S/C20H38O4S/c1-3-4-5-6-7-8-9-10-13-16-19(25(2,23)24)17-14-11-12-15-18-20(21)22/h13,16,19H,3-12,14-15,17-18H2,1-2H3,(H,21,22)/b16-13+. The number of aliphatic carboxylic acids is 1. The van der Waals surface area contributed by atoms with Gasteiger partial charge in [-0.3, -0.25) is 4.79 Å². The lowest BCUT2D eigenvalue weighted by molar-refractivity contribution is -0.137. The molecule has 5 heteroatoms. The molecule has 1 atom stereocenters. The summed E-state index contributed by atoms with van der Waals surface area (Å²) in [4.78, 5) is 10.4. The summed E-state index contributed by atoms with van der Waals surface area (Å²) in [5.74, 6) is -0.762. The molecule has 0 aromatic carbocycles. The first-order valence-electron chi connectivity index (χ1n) is 9.95. The molecule has 0 amide bonds. The molecule has 0 saturated heterocycles. The second kappa shape index (κ2) is 15.4. The van der Waals surface area contributed by atoms with E-state index in [-0.39, 0.29) is 6.42 Å². The van der Waals surface area contributed by atoms with Crippen LogP contribution in [0.3, 0.4) is 0 Å². The highest BCUT2D eigenvalue weighted by molar-refractivity contribution is 7.91. The first-order valence-corrected chi connectivity index (χ1v) is 11.9. The van der Waals surface area contributed by atoms with E-state index < -0.39 is 21.1 Å². The number of carbonyl (C=O) groups is 1. The van der Waals surface area contributed by atoms with Crippen molar-refractivity contribution in [3.8, 4) is 0 Å². The van der Waals surface area contributed by atoms with E-state index in [9.17, 15) is 13.2 Å². The molecule has 0 spiro atoms. The molecule has 25 heavy (non-hydrogen) atoms. The summed E-state index contributed by atoms with van der Waals surface area (Å²) in [5.41, 5.74) is 0. The number of carboxylic acids is 1. The van der Waals surface area contributed by atoms with Gasteiger partial charge in [-0.05, 0) is 25.7 Å². The Hall–Kier alpha value is -0.840. The van der Waals surface area contributed by atoms with E-state index in [1.54, 1.807) is 0 Å².